The molecule has 0 saturated heterocycles. The van der Waals surface area contributed by atoms with Gasteiger partial charge in [-0.05, 0) is 19.9 Å². The molecule has 0 radical (unpaired) electrons. The summed E-state index contributed by atoms with van der Waals surface area (Å²) in [7, 11) is 0. The van der Waals surface area contributed by atoms with Crippen LogP contribution in [0.5, 0.6) is 0 Å². The van der Waals surface area contributed by atoms with Gasteiger partial charge in [-0.15, -0.1) is 0 Å². The molecule has 0 aliphatic rings. The van der Waals surface area contributed by atoms with E-state index in [1.165, 1.54) is 11.5 Å². The molecule has 12 heavy (non-hydrogen) atoms. The maximum absolute atomic E-state index is 5.45. The monoisotopic (exact) mass is 167 g/mol. The van der Waals surface area contributed by atoms with Crippen LogP contribution in [0.3, 0.4) is 0 Å². The summed E-state index contributed by atoms with van der Waals surface area (Å²) in [4.78, 5) is 4.31. The van der Waals surface area contributed by atoms with Gasteiger partial charge >= 0.3 is 0 Å². The molecule has 0 unspecified atom stereocenters. The summed E-state index contributed by atoms with van der Waals surface area (Å²) in [6.07, 6.45) is 3.96. The van der Waals surface area contributed by atoms with E-state index in [1.807, 2.05) is 6.20 Å². The Kier molecular flexibility index (Phi) is 3.29. The van der Waals surface area contributed by atoms with E-state index in [-0.39, 0.29) is 0 Å². The van der Waals surface area contributed by atoms with Crippen molar-refractivity contribution in [2.45, 2.75) is 33.2 Å². The van der Waals surface area contributed by atoms with Crippen LogP contribution in [0, 0.1) is 6.92 Å². The average Bonchev–Trinajstić information content (AvgIpc) is 2.43. The quantitative estimate of drug-likeness (QED) is 0.730. The highest BCUT2D eigenvalue weighted by Crippen LogP contribution is 2.05. The van der Waals surface area contributed by atoms with Crippen molar-refractivity contribution in [1.29, 1.82) is 0 Å². The van der Waals surface area contributed by atoms with E-state index in [2.05, 4.69) is 23.4 Å². The van der Waals surface area contributed by atoms with Crippen molar-refractivity contribution in [2.75, 3.05) is 6.54 Å². The Labute approximate surface area is 73.6 Å². The molecule has 0 aliphatic heterocycles. The van der Waals surface area contributed by atoms with Gasteiger partial charge in [-0.3, -0.25) is 0 Å². The summed E-state index contributed by atoms with van der Waals surface area (Å²) in [6.45, 7) is 5.97. The van der Waals surface area contributed by atoms with Crippen LogP contribution in [0.25, 0.3) is 0 Å². The summed E-state index contributed by atoms with van der Waals surface area (Å²) < 4.78 is 2.24. The molecule has 1 heterocycles. The first kappa shape index (κ1) is 9.26. The van der Waals surface area contributed by atoms with Crippen molar-refractivity contribution in [1.82, 2.24) is 9.55 Å². The fourth-order valence-corrected chi connectivity index (χ4v) is 1.35. The summed E-state index contributed by atoms with van der Waals surface area (Å²) in [5.41, 5.74) is 6.69. The van der Waals surface area contributed by atoms with Crippen LogP contribution in [-0.4, -0.2) is 16.1 Å². The normalized spacial score (nSPS) is 10.6. The molecular weight excluding hydrogens is 150 g/mol. The molecule has 0 aromatic carbocycles. The number of aromatic nitrogens is 2. The third-order valence-electron chi connectivity index (χ3n) is 2.04. The molecule has 3 nitrogen and oxygen atoms in total. The molecule has 0 aliphatic carbocycles. The van der Waals surface area contributed by atoms with Gasteiger partial charge in [0.1, 0.15) is 5.82 Å². The van der Waals surface area contributed by atoms with Crippen LogP contribution in [0.15, 0.2) is 6.20 Å². The fraction of sp³-hybridized carbons (Fsp3) is 0.667. The predicted octanol–water partition coefficient (Wildman–Crippen LogP) is 1.10. The second-order valence-electron chi connectivity index (χ2n) is 2.96. The number of hydrogen-bond acceptors (Lipinski definition) is 2. The van der Waals surface area contributed by atoms with Gasteiger partial charge < -0.3 is 10.3 Å². The topological polar surface area (TPSA) is 43.8 Å². The van der Waals surface area contributed by atoms with Gasteiger partial charge in [0.2, 0.25) is 0 Å². The molecule has 1 aromatic heterocycles. The van der Waals surface area contributed by atoms with Crippen LogP contribution in [0.4, 0.5) is 0 Å². The number of nitrogens with zero attached hydrogens (tertiary/aromatic N) is 2. The molecule has 0 atom stereocenters. The van der Waals surface area contributed by atoms with Crippen LogP contribution in [0.2, 0.25) is 0 Å². The summed E-state index contributed by atoms with van der Waals surface area (Å²) in [5, 5.41) is 0. The third kappa shape index (κ3) is 1.85. The van der Waals surface area contributed by atoms with Crippen LogP contribution < -0.4 is 5.73 Å². The lowest BCUT2D eigenvalue weighted by Crippen LogP contribution is -2.09. The van der Waals surface area contributed by atoms with Gasteiger partial charge in [0, 0.05) is 24.9 Å². The van der Waals surface area contributed by atoms with Gasteiger partial charge in [-0.25, -0.2) is 4.98 Å². The zero-order chi connectivity index (χ0) is 8.97. The van der Waals surface area contributed by atoms with E-state index in [0.29, 0.717) is 0 Å². The van der Waals surface area contributed by atoms with E-state index in [1.54, 1.807) is 0 Å². The molecule has 0 bridgehead atoms. The van der Waals surface area contributed by atoms with E-state index >= 15 is 0 Å². The lowest BCUT2D eigenvalue weighted by atomic mass is 10.3. The first-order valence-electron chi connectivity index (χ1n) is 4.50. The van der Waals surface area contributed by atoms with Crippen molar-refractivity contribution in [2.24, 2.45) is 5.73 Å². The number of nitrogens with two attached hydrogens (primary N) is 1. The summed E-state index contributed by atoms with van der Waals surface area (Å²) in [5.74, 6) is 1.17. The Hall–Kier alpha value is -0.830. The Morgan fingerprint density at radius 3 is 2.92 bits per heavy atom. The third-order valence-corrected chi connectivity index (χ3v) is 2.04. The summed E-state index contributed by atoms with van der Waals surface area (Å²) >= 11 is 0. The Morgan fingerprint density at radius 2 is 2.33 bits per heavy atom. The zero-order valence-electron chi connectivity index (χ0n) is 7.88. The highest BCUT2D eigenvalue weighted by atomic mass is 15.1. The minimum atomic E-state index is 0.751. The molecule has 68 valence electrons. The van der Waals surface area contributed by atoms with E-state index in [0.717, 1.165) is 25.9 Å². The molecule has 0 amide bonds. The van der Waals surface area contributed by atoms with Crippen LogP contribution in [-0.2, 0) is 13.0 Å². The smallest absolute Gasteiger partial charge is 0.108 e. The van der Waals surface area contributed by atoms with Gasteiger partial charge in [0.15, 0.2) is 0 Å². The van der Waals surface area contributed by atoms with Crippen molar-refractivity contribution in [3.05, 3.63) is 17.7 Å². The molecule has 3 heteroatoms. The summed E-state index contributed by atoms with van der Waals surface area (Å²) in [6, 6.07) is 0. The first-order valence-corrected chi connectivity index (χ1v) is 4.50. The van der Waals surface area contributed by atoms with E-state index in [9.17, 15) is 0 Å². The average molecular weight is 167 g/mol. The molecular formula is C9H17N3. The molecule has 0 spiro atoms. The number of hydrogen-bond donors (Lipinski definition) is 1. The SMILES string of the molecule is CCc1ncc(C)n1CCCN. The number of imidazole rings is 1. The maximum Gasteiger partial charge on any atom is 0.108 e. The van der Waals surface area contributed by atoms with Crippen molar-refractivity contribution in [3.8, 4) is 0 Å². The Morgan fingerprint density at radius 1 is 1.58 bits per heavy atom. The van der Waals surface area contributed by atoms with Gasteiger partial charge in [0.25, 0.3) is 0 Å². The Bertz CT molecular complexity index is 240. The minimum absolute atomic E-state index is 0.751. The Balaban J connectivity index is 2.72. The fourth-order valence-electron chi connectivity index (χ4n) is 1.35. The van der Waals surface area contributed by atoms with Crippen molar-refractivity contribution < 1.29 is 0 Å². The standard InChI is InChI=1S/C9H17N3/c1-3-9-11-7-8(2)12(9)6-4-5-10/h7H,3-6,10H2,1-2H3. The van der Waals surface area contributed by atoms with Gasteiger partial charge in [0.05, 0.1) is 0 Å². The number of rotatable bonds is 4. The van der Waals surface area contributed by atoms with Gasteiger partial charge in [-0.1, -0.05) is 6.92 Å². The predicted molar refractivity (Wildman–Crippen MR) is 50.0 cm³/mol. The highest BCUT2D eigenvalue weighted by molar-refractivity contribution is 5.03. The first-order chi connectivity index (χ1) is 5.79. The maximum atomic E-state index is 5.45. The number of aryl methyl sites for hydroxylation is 2. The largest absolute Gasteiger partial charge is 0.332 e. The highest BCUT2D eigenvalue weighted by Gasteiger charge is 2.02. The molecule has 0 fully saturated rings. The van der Waals surface area contributed by atoms with E-state index in [4.69, 9.17) is 5.73 Å². The molecule has 0 saturated carbocycles. The second-order valence-corrected chi connectivity index (χ2v) is 2.96. The minimum Gasteiger partial charge on any atom is -0.332 e. The molecule has 1 aromatic rings. The van der Waals surface area contributed by atoms with Gasteiger partial charge in [-0.2, -0.15) is 0 Å². The van der Waals surface area contributed by atoms with Crippen molar-refractivity contribution >= 4 is 0 Å². The van der Waals surface area contributed by atoms with Crippen LogP contribution >= 0.6 is 0 Å². The molecule has 1 rings (SSSR count). The van der Waals surface area contributed by atoms with Crippen LogP contribution in [0.1, 0.15) is 24.9 Å². The molecule has 2 N–H and O–H groups in total. The lowest BCUT2D eigenvalue weighted by molar-refractivity contribution is 0.608. The second kappa shape index (κ2) is 4.26. The lowest BCUT2D eigenvalue weighted by Gasteiger charge is -2.07. The van der Waals surface area contributed by atoms with E-state index < -0.39 is 0 Å². The zero-order valence-corrected chi connectivity index (χ0v) is 7.88. The van der Waals surface area contributed by atoms with Crippen molar-refractivity contribution in [3.63, 3.8) is 0 Å².